The molecule has 0 bridgehead atoms. The Balaban J connectivity index is 1.65. The van der Waals surface area contributed by atoms with Gasteiger partial charge in [0, 0.05) is 22.0 Å². The van der Waals surface area contributed by atoms with Crippen molar-refractivity contribution in [1.29, 1.82) is 0 Å². The summed E-state index contributed by atoms with van der Waals surface area (Å²) in [7, 11) is 0. The van der Waals surface area contributed by atoms with Gasteiger partial charge < -0.3 is 10.6 Å². The van der Waals surface area contributed by atoms with Crippen molar-refractivity contribution in [2.24, 2.45) is 11.8 Å². The van der Waals surface area contributed by atoms with E-state index < -0.39 is 30.2 Å². The summed E-state index contributed by atoms with van der Waals surface area (Å²) in [6.45, 7) is 0. The van der Waals surface area contributed by atoms with Gasteiger partial charge in [0.15, 0.2) is 0 Å². The summed E-state index contributed by atoms with van der Waals surface area (Å²) in [6.07, 6.45) is -1.19. The Labute approximate surface area is 134 Å². The number of hydrogen-bond acceptors (Lipinski definition) is 2. The van der Waals surface area contributed by atoms with Gasteiger partial charge in [-0.05, 0) is 43.0 Å². The van der Waals surface area contributed by atoms with Crippen molar-refractivity contribution in [3.05, 3.63) is 28.2 Å². The quantitative estimate of drug-likeness (QED) is 0.856. The monoisotopic (exact) mass is 372 g/mol. The molecule has 1 aliphatic carbocycles. The van der Waals surface area contributed by atoms with Crippen LogP contribution in [0, 0.1) is 11.8 Å². The number of aryl methyl sites for hydroxylation is 1. The molecule has 3 atom stereocenters. The molecule has 0 saturated heterocycles. The van der Waals surface area contributed by atoms with Gasteiger partial charge in [-0.25, -0.2) is 8.78 Å². The van der Waals surface area contributed by atoms with Crippen molar-refractivity contribution in [1.82, 2.24) is 5.32 Å². The van der Waals surface area contributed by atoms with Crippen LogP contribution < -0.4 is 10.6 Å². The Bertz CT molecular complexity index is 624. The summed E-state index contributed by atoms with van der Waals surface area (Å²) in [4.78, 5) is 24.1. The van der Waals surface area contributed by atoms with Crippen LogP contribution in [0.25, 0.3) is 0 Å². The summed E-state index contributed by atoms with van der Waals surface area (Å²) >= 11 is 3.38. The first-order valence-electron chi connectivity index (χ1n) is 7.13. The molecule has 0 spiro atoms. The van der Waals surface area contributed by atoms with Crippen LogP contribution in [-0.4, -0.2) is 24.3 Å². The van der Waals surface area contributed by atoms with Crippen LogP contribution in [0.1, 0.15) is 18.4 Å². The highest BCUT2D eigenvalue weighted by Crippen LogP contribution is 2.43. The minimum Gasteiger partial charge on any atom is -0.344 e. The number of carbonyl (C=O) groups is 2. The predicted octanol–water partition coefficient (Wildman–Crippen LogP) is 2.72. The van der Waals surface area contributed by atoms with E-state index in [1.165, 1.54) is 0 Å². The van der Waals surface area contributed by atoms with Crippen LogP contribution in [0.2, 0.25) is 0 Å². The molecular weight excluding hydrogens is 358 g/mol. The van der Waals surface area contributed by atoms with Gasteiger partial charge in [0.1, 0.15) is 6.04 Å². The van der Waals surface area contributed by atoms with E-state index in [9.17, 15) is 18.4 Å². The van der Waals surface area contributed by atoms with Gasteiger partial charge in [0.2, 0.25) is 18.2 Å². The van der Waals surface area contributed by atoms with E-state index in [2.05, 4.69) is 26.6 Å². The first kappa shape index (κ1) is 15.4. The van der Waals surface area contributed by atoms with Crippen molar-refractivity contribution >= 4 is 33.4 Å². The summed E-state index contributed by atoms with van der Waals surface area (Å²) in [5, 5.41) is 5.38. The second kappa shape index (κ2) is 5.95. The number of carbonyl (C=O) groups excluding carboxylic acids is 2. The summed E-state index contributed by atoms with van der Waals surface area (Å²) in [5.41, 5.74) is 1.71. The zero-order valence-corrected chi connectivity index (χ0v) is 13.2. The molecule has 1 unspecified atom stereocenters. The highest BCUT2D eigenvalue weighted by atomic mass is 79.9. The third-order valence-electron chi connectivity index (χ3n) is 4.16. The van der Waals surface area contributed by atoms with Gasteiger partial charge in [-0.15, -0.1) is 0 Å². The van der Waals surface area contributed by atoms with E-state index in [1.54, 1.807) is 6.07 Å². The number of nitrogens with one attached hydrogen (secondary N) is 2. The summed E-state index contributed by atoms with van der Waals surface area (Å²) < 4.78 is 25.9. The summed E-state index contributed by atoms with van der Waals surface area (Å²) in [6, 6.07) is 4.87. The maximum Gasteiger partial charge on any atom is 0.246 e. The number of amides is 2. The molecule has 7 heteroatoms. The fraction of sp³-hybridized carbons (Fsp3) is 0.467. The zero-order valence-electron chi connectivity index (χ0n) is 11.6. The van der Waals surface area contributed by atoms with E-state index >= 15 is 0 Å². The summed E-state index contributed by atoms with van der Waals surface area (Å²) in [5.74, 6) is -2.27. The topological polar surface area (TPSA) is 58.2 Å². The average Bonchev–Trinajstić information content (AvgIpc) is 3.26. The molecule has 118 valence electrons. The highest BCUT2D eigenvalue weighted by Gasteiger charge is 2.49. The molecule has 22 heavy (non-hydrogen) atoms. The Morgan fingerprint density at radius 1 is 1.41 bits per heavy atom. The van der Waals surface area contributed by atoms with Crippen molar-refractivity contribution in [2.45, 2.75) is 31.7 Å². The lowest BCUT2D eigenvalue weighted by molar-refractivity contribution is -0.128. The first-order chi connectivity index (χ1) is 10.5. The fourth-order valence-corrected chi connectivity index (χ4v) is 3.16. The molecule has 2 amide bonds. The third-order valence-corrected chi connectivity index (χ3v) is 4.65. The molecule has 1 saturated carbocycles. The average molecular weight is 373 g/mol. The maximum atomic E-state index is 12.5. The Hall–Kier alpha value is -1.50. The van der Waals surface area contributed by atoms with Gasteiger partial charge in [-0.3, -0.25) is 9.59 Å². The molecular formula is C15H15BrF2N2O2. The molecule has 3 rings (SSSR count). The van der Waals surface area contributed by atoms with E-state index in [1.807, 2.05) is 12.1 Å². The van der Waals surface area contributed by atoms with E-state index in [0.717, 1.165) is 15.7 Å². The number of benzene rings is 1. The Morgan fingerprint density at radius 2 is 2.18 bits per heavy atom. The second-order valence-corrected chi connectivity index (χ2v) is 6.65. The first-order valence-corrected chi connectivity index (χ1v) is 7.93. The third kappa shape index (κ3) is 3.14. The van der Waals surface area contributed by atoms with Crippen molar-refractivity contribution < 1.29 is 18.4 Å². The number of alkyl halides is 2. The molecule has 1 aromatic carbocycles. The van der Waals surface area contributed by atoms with Crippen molar-refractivity contribution in [3.63, 3.8) is 0 Å². The number of fused-ring (bicyclic) bond motifs is 1. The van der Waals surface area contributed by atoms with Crippen LogP contribution in [0.15, 0.2) is 22.7 Å². The number of halogens is 3. The molecule has 0 radical (unpaired) electrons. The molecule has 1 heterocycles. The van der Waals surface area contributed by atoms with Gasteiger partial charge in [0.25, 0.3) is 0 Å². The minimum absolute atomic E-state index is 0.199. The second-order valence-electron chi connectivity index (χ2n) is 5.73. The highest BCUT2D eigenvalue weighted by molar-refractivity contribution is 9.10. The molecule has 4 nitrogen and oxygen atoms in total. The molecule has 2 aliphatic rings. The molecule has 2 N–H and O–H groups in total. The molecule has 0 aromatic heterocycles. The minimum atomic E-state index is -2.47. The lowest BCUT2D eigenvalue weighted by atomic mass is 10.1. The van der Waals surface area contributed by atoms with Crippen molar-refractivity contribution in [3.8, 4) is 0 Å². The van der Waals surface area contributed by atoms with Crippen molar-refractivity contribution in [2.75, 3.05) is 5.32 Å². The van der Waals surface area contributed by atoms with Crippen LogP contribution in [-0.2, 0) is 16.0 Å². The lowest BCUT2D eigenvalue weighted by Gasteiger charge is -2.15. The number of hydrogen-bond donors (Lipinski definition) is 2. The molecule has 1 fully saturated rings. The van der Waals surface area contributed by atoms with Gasteiger partial charge in [0.05, 0.1) is 0 Å². The fourth-order valence-electron chi connectivity index (χ4n) is 2.75. The zero-order chi connectivity index (χ0) is 15.9. The van der Waals surface area contributed by atoms with Crippen LogP contribution >= 0.6 is 15.9 Å². The standard InChI is InChI=1S/C15H15BrF2N2O2/c16-8-2-4-11-7(5-8)1-3-12(15(22)19-11)20-14(21)10-6-9(10)13(17)18/h2,4-5,9-10,12-13H,1,3,6H2,(H,19,22)(H,20,21)/t9-,10-,12?/m0/s1. The van der Waals surface area contributed by atoms with Gasteiger partial charge in [-0.2, -0.15) is 0 Å². The van der Waals surface area contributed by atoms with E-state index in [-0.39, 0.29) is 12.3 Å². The van der Waals surface area contributed by atoms with Crippen LogP contribution in [0.4, 0.5) is 14.5 Å². The number of anilines is 1. The normalized spacial score (nSPS) is 26.9. The van der Waals surface area contributed by atoms with Gasteiger partial charge in [-0.1, -0.05) is 15.9 Å². The largest absolute Gasteiger partial charge is 0.344 e. The Kier molecular flexibility index (Phi) is 4.16. The smallest absolute Gasteiger partial charge is 0.246 e. The number of rotatable bonds is 3. The van der Waals surface area contributed by atoms with E-state index in [0.29, 0.717) is 12.8 Å². The Morgan fingerprint density at radius 3 is 2.86 bits per heavy atom. The van der Waals surface area contributed by atoms with Gasteiger partial charge >= 0.3 is 0 Å². The van der Waals surface area contributed by atoms with E-state index in [4.69, 9.17) is 0 Å². The molecule has 1 aliphatic heterocycles. The predicted molar refractivity (Wildman–Crippen MR) is 80.6 cm³/mol. The lowest BCUT2D eigenvalue weighted by Crippen LogP contribution is -2.44. The van der Waals surface area contributed by atoms with Crippen LogP contribution in [0.3, 0.4) is 0 Å². The maximum absolute atomic E-state index is 12.5. The molecule has 1 aromatic rings. The SMILES string of the molecule is O=C1Nc2ccc(Br)cc2CCC1NC(=O)[C@H]1C[C@@H]1C(F)F. The van der Waals surface area contributed by atoms with Crippen LogP contribution in [0.5, 0.6) is 0 Å².